The van der Waals surface area contributed by atoms with Crippen LogP contribution in [0.2, 0.25) is 0 Å². The maximum absolute atomic E-state index is 11.9. The van der Waals surface area contributed by atoms with E-state index >= 15 is 0 Å². The van der Waals surface area contributed by atoms with Gasteiger partial charge in [0.25, 0.3) is 5.91 Å². The van der Waals surface area contributed by atoms with E-state index in [1.54, 1.807) is 19.1 Å². The van der Waals surface area contributed by atoms with Gasteiger partial charge in [0.05, 0.1) is 6.10 Å². The van der Waals surface area contributed by atoms with Crippen molar-refractivity contribution in [2.24, 2.45) is 0 Å². The van der Waals surface area contributed by atoms with E-state index in [1.165, 1.54) is 0 Å². The Labute approximate surface area is 121 Å². The first-order chi connectivity index (χ1) is 9.08. The van der Waals surface area contributed by atoms with Crippen molar-refractivity contribution in [1.29, 1.82) is 0 Å². The molecular weight excluding hydrogens is 310 g/mol. The average molecular weight is 328 g/mol. The molecule has 1 fully saturated rings. The second-order valence-corrected chi connectivity index (χ2v) is 5.65. The highest BCUT2D eigenvalue weighted by Crippen LogP contribution is 2.28. The minimum atomic E-state index is -0.630. The maximum Gasteiger partial charge on any atom is 0.260 e. The third kappa shape index (κ3) is 3.70. The number of hydrogen-bond donors (Lipinski definition) is 1. The molecule has 0 aromatic heterocycles. The van der Waals surface area contributed by atoms with Gasteiger partial charge in [0, 0.05) is 23.1 Å². The van der Waals surface area contributed by atoms with Gasteiger partial charge in [-0.1, -0.05) is 15.9 Å². The van der Waals surface area contributed by atoms with Crippen LogP contribution in [0.5, 0.6) is 5.75 Å². The van der Waals surface area contributed by atoms with Crippen LogP contribution in [0.1, 0.15) is 31.4 Å². The lowest BCUT2D eigenvalue weighted by molar-refractivity contribution is -0.132. The third-order valence-corrected chi connectivity index (χ3v) is 3.73. The molecule has 104 valence electrons. The fraction of sp³-hybridized carbons (Fsp3) is 0.500. The van der Waals surface area contributed by atoms with Crippen LogP contribution in [0.3, 0.4) is 0 Å². The molecule has 1 N–H and O–H groups in total. The lowest BCUT2D eigenvalue weighted by Crippen LogP contribution is -2.32. The quantitative estimate of drug-likeness (QED) is 0.924. The van der Waals surface area contributed by atoms with Gasteiger partial charge in [-0.15, -0.1) is 0 Å². The Morgan fingerprint density at radius 3 is 2.79 bits per heavy atom. The summed E-state index contributed by atoms with van der Waals surface area (Å²) in [5, 5.41) is 9.71. The molecule has 0 saturated carbocycles. The van der Waals surface area contributed by atoms with Gasteiger partial charge in [-0.25, -0.2) is 0 Å². The van der Waals surface area contributed by atoms with Crippen LogP contribution < -0.4 is 4.74 Å². The van der Waals surface area contributed by atoms with E-state index in [0.717, 1.165) is 30.4 Å². The van der Waals surface area contributed by atoms with Crippen LogP contribution >= 0.6 is 15.9 Å². The van der Waals surface area contributed by atoms with Crippen LogP contribution in [-0.4, -0.2) is 35.6 Å². The smallest absolute Gasteiger partial charge is 0.260 e. The molecule has 19 heavy (non-hydrogen) atoms. The minimum absolute atomic E-state index is 0.0111. The molecule has 1 heterocycles. The maximum atomic E-state index is 11.9. The Bertz CT molecular complexity index is 456. The number of likely N-dealkylation sites (tertiary alicyclic amines) is 1. The fourth-order valence-corrected chi connectivity index (χ4v) is 2.55. The van der Waals surface area contributed by atoms with E-state index in [1.807, 2.05) is 11.0 Å². The topological polar surface area (TPSA) is 49.8 Å². The first kappa shape index (κ1) is 14.3. The number of carbonyl (C=O) groups excluding carboxylic acids is 1. The van der Waals surface area contributed by atoms with E-state index in [9.17, 15) is 9.90 Å². The molecular formula is C14H18BrNO3. The molecule has 1 unspecified atom stereocenters. The van der Waals surface area contributed by atoms with Crippen molar-refractivity contribution in [3.05, 3.63) is 28.2 Å². The molecule has 0 spiro atoms. The summed E-state index contributed by atoms with van der Waals surface area (Å²) in [4.78, 5) is 13.7. The summed E-state index contributed by atoms with van der Waals surface area (Å²) in [5.74, 6) is 0.572. The summed E-state index contributed by atoms with van der Waals surface area (Å²) >= 11 is 3.36. The number of aliphatic hydroxyl groups is 1. The Balaban J connectivity index is 2.00. The van der Waals surface area contributed by atoms with Crippen molar-refractivity contribution >= 4 is 21.8 Å². The van der Waals surface area contributed by atoms with Gasteiger partial charge in [0.15, 0.2) is 6.61 Å². The number of aliphatic hydroxyl groups excluding tert-OH is 1. The number of amides is 1. The van der Waals surface area contributed by atoms with Crippen LogP contribution in [0.4, 0.5) is 0 Å². The molecule has 1 aromatic carbocycles. The van der Waals surface area contributed by atoms with Gasteiger partial charge in [-0.3, -0.25) is 4.79 Å². The van der Waals surface area contributed by atoms with Crippen LogP contribution in [0, 0.1) is 0 Å². The van der Waals surface area contributed by atoms with E-state index < -0.39 is 6.10 Å². The largest absolute Gasteiger partial charge is 0.483 e. The molecule has 1 aliphatic rings. The Kier molecular flexibility index (Phi) is 4.82. The van der Waals surface area contributed by atoms with E-state index in [4.69, 9.17) is 4.74 Å². The standard InChI is InChI=1S/C14H18BrNO3/c1-10(17)12-8-11(15)4-5-13(12)19-9-14(18)16-6-2-3-7-16/h4-5,8,10,17H,2-3,6-7,9H2,1H3. The highest BCUT2D eigenvalue weighted by molar-refractivity contribution is 9.10. The Morgan fingerprint density at radius 1 is 1.47 bits per heavy atom. The SMILES string of the molecule is CC(O)c1cc(Br)ccc1OCC(=O)N1CCCC1. The highest BCUT2D eigenvalue weighted by atomic mass is 79.9. The summed E-state index contributed by atoms with van der Waals surface area (Å²) < 4.78 is 6.43. The first-order valence-electron chi connectivity index (χ1n) is 6.46. The van der Waals surface area contributed by atoms with Crippen molar-refractivity contribution in [3.8, 4) is 5.75 Å². The van der Waals surface area contributed by atoms with Crippen molar-refractivity contribution in [1.82, 2.24) is 4.90 Å². The number of hydrogen-bond acceptors (Lipinski definition) is 3. The van der Waals surface area contributed by atoms with Crippen LogP contribution in [-0.2, 0) is 4.79 Å². The summed E-state index contributed by atoms with van der Waals surface area (Å²) in [5.41, 5.74) is 0.684. The zero-order valence-electron chi connectivity index (χ0n) is 10.9. The number of ether oxygens (including phenoxy) is 1. The lowest BCUT2D eigenvalue weighted by atomic mass is 10.1. The summed E-state index contributed by atoms with van der Waals surface area (Å²) in [6.07, 6.45) is 1.51. The number of nitrogens with zero attached hydrogens (tertiary/aromatic N) is 1. The summed E-state index contributed by atoms with van der Waals surface area (Å²) in [7, 11) is 0. The number of benzene rings is 1. The zero-order chi connectivity index (χ0) is 13.8. The lowest BCUT2D eigenvalue weighted by Gasteiger charge is -2.17. The van der Waals surface area contributed by atoms with Gasteiger partial charge < -0.3 is 14.7 Å². The van der Waals surface area contributed by atoms with Crippen molar-refractivity contribution in [2.75, 3.05) is 19.7 Å². The van der Waals surface area contributed by atoms with Gasteiger partial charge >= 0.3 is 0 Å². The molecule has 0 radical (unpaired) electrons. The highest BCUT2D eigenvalue weighted by Gasteiger charge is 2.19. The van der Waals surface area contributed by atoms with Gasteiger partial charge in [-0.2, -0.15) is 0 Å². The van der Waals surface area contributed by atoms with Crippen molar-refractivity contribution < 1.29 is 14.6 Å². The Hall–Kier alpha value is -1.07. The molecule has 4 nitrogen and oxygen atoms in total. The first-order valence-corrected chi connectivity index (χ1v) is 7.25. The molecule has 1 amide bonds. The molecule has 1 aromatic rings. The van der Waals surface area contributed by atoms with E-state index in [0.29, 0.717) is 11.3 Å². The van der Waals surface area contributed by atoms with Gasteiger partial charge in [0.2, 0.25) is 0 Å². The summed E-state index contributed by atoms with van der Waals surface area (Å²) in [6.45, 7) is 3.36. The van der Waals surface area contributed by atoms with Gasteiger partial charge in [0.1, 0.15) is 5.75 Å². The second-order valence-electron chi connectivity index (χ2n) is 4.73. The predicted molar refractivity (Wildman–Crippen MR) is 76.1 cm³/mol. The third-order valence-electron chi connectivity index (χ3n) is 3.23. The van der Waals surface area contributed by atoms with E-state index in [2.05, 4.69) is 15.9 Å². The van der Waals surface area contributed by atoms with Crippen molar-refractivity contribution in [2.45, 2.75) is 25.9 Å². The zero-order valence-corrected chi connectivity index (χ0v) is 12.5. The number of rotatable bonds is 4. The average Bonchev–Trinajstić information content (AvgIpc) is 2.90. The Morgan fingerprint density at radius 2 is 2.16 bits per heavy atom. The number of carbonyl (C=O) groups is 1. The molecule has 1 aliphatic heterocycles. The van der Waals surface area contributed by atoms with Crippen LogP contribution in [0.15, 0.2) is 22.7 Å². The van der Waals surface area contributed by atoms with Gasteiger partial charge in [-0.05, 0) is 38.0 Å². The molecule has 5 heteroatoms. The molecule has 0 bridgehead atoms. The fourth-order valence-electron chi connectivity index (χ4n) is 2.17. The molecule has 1 saturated heterocycles. The molecule has 1 atom stereocenters. The number of halogens is 1. The normalized spacial score (nSPS) is 16.5. The molecule has 0 aliphatic carbocycles. The minimum Gasteiger partial charge on any atom is -0.483 e. The monoisotopic (exact) mass is 327 g/mol. The van der Waals surface area contributed by atoms with E-state index in [-0.39, 0.29) is 12.5 Å². The summed E-state index contributed by atoms with van der Waals surface area (Å²) in [6, 6.07) is 5.41. The predicted octanol–water partition coefficient (Wildman–Crippen LogP) is 2.50. The van der Waals surface area contributed by atoms with Crippen LogP contribution in [0.25, 0.3) is 0 Å². The second kappa shape index (κ2) is 6.39. The van der Waals surface area contributed by atoms with Crippen molar-refractivity contribution in [3.63, 3.8) is 0 Å². The molecule has 2 rings (SSSR count).